The van der Waals surface area contributed by atoms with Crippen LogP contribution in [0, 0.1) is 6.92 Å². The fourth-order valence-corrected chi connectivity index (χ4v) is 3.39. The van der Waals surface area contributed by atoms with E-state index in [2.05, 4.69) is 10.5 Å². The standard InChI is InChI=1S/C27H22N2O4/c1-18-6-5-8-21(16-18)27(31)33-25-15-12-19-7-3-4-9-23(19)24(25)17-28-29-26(30)20-10-13-22(32-2)14-11-20/h3-17H,1-2H3,(H,29,30)/b28-17+. The minimum atomic E-state index is -0.467. The van der Waals surface area contributed by atoms with Crippen LogP contribution >= 0.6 is 0 Å². The molecule has 6 heteroatoms. The number of aryl methyl sites for hydroxylation is 1. The van der Waals surface area contributed by atoms with Gasteiger partial charge in [-0.05, 0) is 60.2 Å². The summed E-state index contributed by atoms with van der Waals surface area (Å²) in [6.07, 6.45) is 1.49. The lowest BCUT2D eigenvalue weighted by atomic mass is 10.0. The maximum atomic E-state index is 12.7. The molecule has 0 saturated carbocycles. The molecule has 0 spiro atoms. The van der Waals surface area contributed by atoms with Gasteiger partial charge in [0.05, 0.1) is 18.9 Å². The summed E-state index contributed by atoms with van der Waals surface area (Å²) >= 11 is 0. The van der Waals surface area contributed by atoms with Crippen LogP contribution in [0.2, 0.25) is 0 Å². The molecular formula is C27H22N2O4. The van der Waals surface area contributed by atoms with Gasteiger partial charge >= 0.3 is 5.97 Å². The van der Waals surface area contributed by atoms with Gasteiger partial charge in [0, 0.05) is 11.1 Å². The number of carbonyl (C=O) groups excluding carboxylic acids is 2. The molecule has 0 saturated heterocycles. The van der Waals surface area contributed by atoms with Crippen molar-refractivity contribution in [3.63, 3.8) is 0 Å². The number of ether oxygens (including phenoxy) is 2. The fourth-order valence-electron chi connectivity index (χ4n) is 3.39. The van der Waals surface area contributed by atoms with Gasteiger partial charge in [-0.3, -0.25) is 4.79 Å². The number of hydrazone groups is 1. The summed E-state index contributed by atoms with van der Waals surface area (Å²) in [6.45, 7) is 1.91. The van der Waals surface area contributed by atoms with Gasteiger partial charge < -0.3 is 9.47 Å². The maximum Gasteiger partial charge on any atom is 0.343 e. The van der Waals surface area contributed by atoms with E-state index in [1.165, 1.54) is 6.21 Å². The monoisotopic (exact) mass is 438 g/mol. The number of hydrogen-bond donors (Lipinski definition) is 1. The van der Waals surface area contributed by atoms with Crippen LogP contribution in [0.3, 0.4) is 0 Å². The van der Waals surface area contributed by atoms with Crippen LogP contribution in [-0.4, -0.2) is 25.2 Å². The average molecular weight is 438 g/mol. The molecule has 0 bridgehead atoms. The van der Waals surface area contributed by atoms with Crippen molar-refractivity contribution in [3.05, 3.63) is 107 Å². The largest absolute Gasteiger partial charge is 0.497 e. The Labute approximate surface area is 191 Å². The second kappa shape index (κ2) is 9.78. The van der Waals surface area contributed by atoms with Crippen LogP contribution in [0.5, 0.6) is 11.5 Å². The van der Waals surface area contributed by atoms with Crippen molar-refractivity contribution < 1.29 is 19.1 Å². The molecule has 33 heavy (non-hydrogen) atoms. The zero-order valence-electron chi connectivity index (χ0n) is 18.2. The van der Waals surface area contributed by atoms with Crippen LogP contribution < -0.4 is 14.9 Å². The molecule has 0 fully saturated rings. The Morgan fingerprint density at radius 1 is 0.879 bits per heavy atom. The summed E-state index contributed by atoms with van der Waals surface area (Å²) in [6, 6.07) is 25.2. The third kappa shape index (κ3) is 5.07. The molecule has 4 aromatic carbocycles. The first-order valence-corrected chi connectivity index (χ1v) is 10.3. The Morgan fingerprint density at radius 2 is 1.67 bits per heavy atom. The van der Waals surface area contributed by atoms with Crippen LogP contribution in [0.4, 0.5) is 0 Å². The Bertz CT molecular complexity index is 1340. The summed E-state index contributed by atoms with van der Waals surface area (Å²) < 4.78 is 10.8. The molecule has 0 radical (unpaired) electrons. The molecule has 6 nitrogen and oxygen atoms in total. The van der Waals surface area contributed by atoms with E-state index in [0.29, 0.717) is 28.2 Å². The molecule has 0 heterocycles. The fraction of sp³-hybridized carbons (Fsp3) is 0.0741. The summed E-state index contributed by atoms with van der Waals surface area (Å²) in [5.74, 6) is 0.173. The minimum Gasteiger partial charge on any atom is -0.497 e. The summed E-state index contributed by atoms with van der Waals surface area (Å²) in [5, 5.41) is 5.91. The van der Waals surface area contributed by atoms with Gasteiger partial charge in [-0.1, -0.05) is 48.0 Å². The molecule has 4 aromatic rings. The highest BCUT2D eigenvalue weighted by Crippen LogP contribution is 2.27. The summed E-state index contributed by atoms with van der Waals surface area (Å²) in [7, 11) is 1.56. The second-order valence-electron chi connectivity index (χ2n) is 7.39. The SMILES string of the molecule is COc1ccc(C(=O)N/N=C/c2c(OC(=O)c3cccc(C)c3)ccc3ccccc23)cc1. The van der Waals surface area contributed by atoms with Crippen LogP contribution in [0.1, 0.15) is 31.8 Å². The van der Waals surface area contributed by atoms with Gasteiger partial charge in [-0.25, -0.2) is 10.2 Å². The zero-order valence-corrected chi connectivity index (χ0v) is 18.2. The molecule has 164 valence electrons. The first-order valence-electron chi connectivity index (χ1n) is 10.3. The molecule has 1 amide bonds. The molecule has 0 aliphatic heterocycles. The lowest BCUT2D eigenvalue weighted by Crippen LogP contribution is -2.17. The van der Waals surface area contributed by atoms with Crippen molar-refractivity contribution in [3.8, 4) is 11.5 Å². The van der Waals surface area contributed by atoms with E-state index in [4.69, 9.17) is 9.47 Å². The van der Waals surface area contributed by atoms with Gasteiger partial charge in [0.1, 0.15) is 11.5 Å². The molecule has 0 atom stereocenters. The number of carbonyl (C=O) groups is 2. The first-order chi connectivity index (χ1) is 16.0. The normalized spacial score (nSPS) is 10.8. The number of rotatable bonds is 6. The highest BCUT2D eigenvalue weighted by molar-refractivity contribution is 6.04. The molecule has 4 rings (SSSR count). The number of nitrogens with zero attached hydrogens (tertiary/aromatic N) is 1. The lowest BCUT2D eigenvalue weighted by Gasteiger charge is -2.11. The summed E-state index contributed by atoms with van der Waals surface area (Å²) in [5.41, 5.74) is 4.97. The van der Waals surface area contributed by atoms with Crippen molar-refractivity contribution in [1.29, 1.82) is 0 Å². The predicted molar refractivity (Wildman–Crippen MR) is 128 cm³/mol. The third-order valence-electron chi connectivity index (χ3n) is 5.10. The van der Waals surface area contributed by atoms with Crippen molar-refractivity contribution in [2.75, 3.05) is 7.11 Å². The Hall–Kier alpha value is -4.45. The third-order valence-corrected chi connectivity index (χ3v) is 5.10. The number of fused-ring (bicyclic) bond motifs is 1. The highest BCUT2D eigenvalue weighted by Gasteiger charge is 2.14. The van der Waals surface area contributed by atoms with E-state index in [9.17, 15) is 9.59 Å². The van der Waals surface area contributed by atoms with Crippen LogP contribution in [0.15, 0.2) is 90.0 Å². The van der Waals surface area contributed by atoms with Crippen LogP contribution in [-0.2, 0) is 0 Å². The van der Waals surface area contributed by atoms with E-state index in [1.807, 2.05) is 49.4 Å². The molecule has 0 aromatic heterocycles. The Kier molecular flexibility index (Phi) is 6.45. The number of esters is 1. The zero-order chi connectivity index (χ0) is 23.2. The lowest BCUT2D eigenvalue weighted by molar-refractivity contribution is 0.0734. The molecule has 0 aliphatic carbocycles. The smallest absolute Gasteiger partial charge is 0.343 e. The van der Waals surface area contributed by atoms with Crippen molar-refractivity contribution in [2.45, 2.75) is 6.92 Å². The van der Waals surface area contributed by atoms with Gasteiger partial charge in [0.2, 0.25) is 0 Å². The van der Waals surface area contributed by atoms with E-state index >= 15 is 0 Å². The number of amides is 1. The van der Waals surface area contributed by atoms with Gasteiger partial charge in [-0.15, -0.1) is 0 Å². The van der Waals surface area contributed by atoms with E-state index in [1.54, 1.807) is 49.6 Å². The van der Waals surface area contributed by atoms with Gasteiger partial charge in [-0.2, -0.15) is 5.10 Å². The minimum absolute atomic E-state index is 0.350. The predicted octanol–water partition coefficient (Wildman–Crippen LogP) is 5.14. The van der Waals surface area contributed by atoms with Crippen molar-refractivity contribution >= 4 is 28.9 Å². The van der Waals surface area contributed by atoms with Gasteiger partial charge in [0.25, 0.3) is 5.91 Å². The maximum absolute atomic E-state index is 12.7. The Morgan fingerprint density at radius 3 is 2.42 bits per heavy atom. The van der Waals surface area contributed by atoms with Crippen molar-refractivity contribution in [2.24, 2.45) is 5.10 Å². The molecule has 1 N–H and O–H groups in total. The molecule has 0 aliphatic rings. The van der Waals surface area contributed by atoms with Crippen LogP contribution in [0.25, 0.3) is 10.8 Å². The van der Waals surface area contributed by atoms with E-state index in [-0.39, 0.29) is 5.91 Å². The number of nitrogens with one attached hydrogen (secondary N) is 1. The summed E-state index contributed by atoms with van der Waals surface area (Å²) in [4.78, 5) is 25.2. The highest BCUT2D eigenvalue weighted by atomic mass is 16.5. The molecular weight excluding hydrogens is 416 g/mol. The number of methoxy groups -OCH3 is 1. The van der Waals surface area contributed by atoms with Gasteiger partial charge in [0.15, 0.2) is 0 Å². The van der Waals surface area contributed by atoms with E-state index < -0.39 is 5.97 Å². The van der Waals surface area contributed by atoms with E-state index in [0.717, 1.165) is 16.3 Å². The number of hydrogen-bond acceptors (Lipinski definition) is 5. The topological polar surface area (TPSA) is 77.0 Å². The Balaban J connectivity index is 1.60. The second-order valence-corrected chi connectivity index (χ2v) is 7.39. The first kappa shape index (κ1) is 21.8. The average Bonchev–Trinajstić information content (AvgIpc) is 2.85. The van der Waals surface area contributed by atoms with Crippen molar-refractivity contribution in [1.82, 2.24) is 5.43 Å². The number of benzene rings is 4. The quantitative estimate of drug-likeness (QED) is 0.196. The molecule has 0 unspecified atom stereocenters.